The second-order valence-corrected chi connectivity index (χ2v) is 6.87. The van der Waals surface area contributed by atoms with E-state index in [-0.39, 0.29) is 5.60 Å². The van der Waals surface area contributed by atoms with E-state index in [1.54, 1.807) is 18.4 Å². The Morgan fingerprint density at radius 1 is 1.21 bits per heavy atom. The van der Waals surface area contributed by atoms with Crippen molar-refractivity contribution in [2.24, 2.45) is 0 Å². The summed E-state index contributed by atoms with van der Waals surface area (Å²) in [5, 5.41) is 1.70. The summed E-state index contributed by atoms with van der Waals surface area (Å²) in [4.78, 5) is 11.8. The Morgan fingerprint density at radius 2 is 2.05 bits per heavy atom. The number of hydrogen-bond acceptors (Lipinski definition) is 4. The van der Waals surface area contributed by atoms with Crippen molar-refractivity contribution in [3.8, 4) is 0 Å². The van der Waals surface area contributed by atoms with Gasteiger partial charge in [-0.1, -0.05) is 11.6 Å². The van der Waals surface area contributed by atoms with Crippen LogP contribution in [0.4, 0.5) is 0 Å². The first kappa shape index (κ1) is 12.1. The molecule has 2 aliphatic carbocycles. The third-order valence-corrected chi connectivity index (χ3v) is 5.94. The third-order valence-electron chi connectivity index (χ3n) is 4.48. The van der Waals surface area contributed by atoms with Gasteiger partial charge in [0.15, 0.2) is 5.82 Å². The molecule has 0 unspecified atom stereocenters. The van der Waals surface area contributed by atoms with E-state index in [2.05, 4.69) is 4.98 Å². The Balaban J connectivity index is 1.92. The van der Waals surface area contributed by atoms with Crippen molar-refractivity contribution in [3.05, 3.63) is 21.4 Å². The Bertz CT molecular complexity index is 657. The maximum Gasteiger partial charge on any atom is 0.163 e. The Hall–Kier alpha value is -0.710. The first-order chi connectivity index (χ1) is 9.23. The Kier molecular flexibility index (Phi) is 2.63. The highest BCUT2D eigenvalue weighted by molar-refractivity contribution is 7.19. The molecule has 2 heterocycles. The van der Waals surface area contributed by atoms with Gasteiger partial charge in [0.05, 0.1) is 5.39 Å². The van der Waals surface area contributed by atoms with E-state index in [1.807, 2.05) is 0 Å². The molecule has 2 aliphatic rings. The minimum absolute atomic E-state index is 0.285. The molecule has 0 N–H and O–H groups in total. The number of halogens is 1. The zero-order valence-electron chi connectivity index (χ0n) is 10.8. The van der Waals surface area contributed by atoms with Gasteiger partial charge in [0.1, 0.15) is 15.6 Å². The topological polar surface area (TPSA) is 35.0 Å². The molecule has 0 atom stereocenters. The maximum atomic E-state index is 6.43. The second kappa shape index (κ2) is 4.14. The fraction of sp³-hybridized carbons (Fsp3) is 0.571. The number of fused-ring (bicyclic) bond motifs is 3. The molecule has 0 aromatic carbocycles. The van der Waals surface area contributed by atoms with Crippen LogP contribution in [0.15, 0.2) is 0 Å². The van der Waals surface area contributed by atoms with Crippen LogP contribution in [-0.2, 0) is 23.2 Å². The van der Waals surface area contributed by atoms with Crippen LogP contribution in [0.25, 0.3) is 10.2 Å². The molecule has 1 saturated carbocycles. The maximum absolute atomic E-state index is 6.43. The molecule has 3 nitrogen and oxygen atoms in total. The van der Waals surface area contributed by atoms with Crippen LogP contribution in [-0.4, -0.2) is 17.1 Å². The molecule has 0 bridgehead atoms. The number of nitrogens with zero attached hydrogens (tertiary/aromatic N) is 2. The second-order valence-electron chi connectivity index (χ2n) is 5.43. The van der Waals surface area contributed by atoms with Crippen LogP contribution in [0.2, 0.25) is 5.15 Å². The van der Waals surface area contributed by atoms with Crippen LogP contribution >= 0.6 is 22.9 Å². The number of rotatable bonds is 2. The standard InChI is InChI=1S/C14H15ClN2OS/c1-18-14(6-3-7-14)13-16-11(15)10-8-4-2-5-9(8)19-12(10)17-13/h2-7H2,1H3. The van der Waals surface area contributed by atoms with Crippen LogP contribution in [0.1, 0.15) is 41.9 Å². The van der Waals surface area contributed by atoms with Gasteiger partial charge in [0, 0.05) is 12.0 Å². The highest BCUT2D eigenvalue weighted by Gasteiger charge is 2.42. The fourth-order valence-corrected chi connectivity index (χ4v) is 4.77. The lowest BCUT2D eigenvalue weighted by Crippen LogP contribution is -2.38. The molecule has 5 heteroatoms. The zero-order chi connectivity index (χ0) is 13.0. The first-order valence-electron chi connectivity index (χ1n) is 6.77. The van der Waals surface area contributed by atoms with Crippen LogP contribution in [0.3, 0.4) is 0 Å². The van der Waals surface area contributed by atoms with Gasteiger partial charge >= 0.3 is 0 Å². The number of aryl methyl sites for hydroxylation is 2. The quantitative estimate of drug-likeness (QED) is 0.789. The number of hydrogen-bond donors (Lipinski definition) is 0. The van der Waals surface area contributed by atoms with E-state index >= 15 is 0 Å². The molecule has 4 rings (SSSR count). The smallest absolute Gasteiger partial charge is 0.163 e. The average Bonchev–Trinajstić information content (AvgIpc) is 2.87. The zero-order valence-corrected chi connectivity index (χ0v) is 12.4. The minimum atomic E-state index is -0.285. The normalized spacial score (nSPS) is 20.5. The number of aromatic nitrogens is 2. The van der Waals surface area contributed by atoms with Gasteiger partial charge in [-0.3, -0.25) is 0 Å². The van der Waals surface area contributed by atoms with E-state index < -0.39 is 0 Å². The van der Waals surface area contributed by atoms with E-state index in [4.69, 9.17) is 21.3 Å². The first-order valence-corrected chi connectivity index (χ1v) is 7.96. The van der Waals surface area contributed by atoms with Gasteiger partial charge in [-0.2, -0.15) is 0 Å². The summed E-state index contributed by atoms with van der Waals surface area (Å²) >= 11 is 8.22. The van der Waals surface area contributed by atoms with Gasteiger partial charge in [-0.05, 0) is 44.1 Å². The van der Waals surface area contributed by atoms with E-state index in [0.29, 0.717) is 5.15 Å². The molecule has 100 valence electrons. The largest absolute Gasteiger partial charge is 0.370 e. The average molecular weight is 295 g/mol. The lowest BCUT2D eigenvalue weighted by molar-refractivity contribution is -0.0843. The molecule has 0 spiro atoms. The molecule has 0 saturated heterocycles. The molecule has 0 amide bonds. The van der Waals surface area contributed by atoms with Gasteiger partial charge in [-0.15, -0.1) is 11.3 Å². The molecule has 2 aromatic rings. The van der Waals surface area contributed by atoms with Gasteiger partial charge in [0.25, 0.3) is 0 Å². The fourth-order valence-electron chi connectivity index (χ4n) is 3.17. The summed E-state index contributed by atoms with van der Waals surface area (Å²) in [6.45, 7) is 0. The van der Waals surface area contributed by atoms with Gasteiger partial charge < -0.3 is 4.74 Å². The lowest BCUT2D eigenvalue weighted by Gasteiger charge is -2.38. The van der Waals surface area contributed by atoms with Crippen molar-refractivity contribution in [2.45, 2.75) is 44.1 Å². The van der Waals surface area contributed by atoms with E-state index in [1.165, 1.54) is 23.3 Å². The summed E-state index contributed by atoms with van der Waals surface area (Å²) in [7, 11) is 1.75. The summed E-state index contributed by atoms with van der Waals surface area (Å²) in [6.07, 6.45) is 6.68. The molecular formula is C14H15ClN2OS. The summed E-state index contributed by atoms with van der Waals surface area (Å²) in [5.74, 6) is 0.777. The summed E-state index contributed by atoms with van der Waals surface area (Å²) in [6, 6.07) is 0. The Morgan fingerprint density at radius 3 is 2.74 bits per heavy atom. The van der Waals surface area contributed by atoms with Gasteiger partial charge in [0.2, 0.25) is 0 Å². The molecule has 1 fully saturated rings. The van der Waals surface area contributed by atoms with E-state index in [0.717, 1.165) is 41.7 Å². The van der Waals surface area contributed by atoms with Crippen LogP contribution < -0.4 is 0 Å². The predicted molar refractivity (Wildman–Crippen MR) is 77.0 cm³/mol. The highest BCUT2D eigenvalue weighted by Crippen LogP contribution is 2.45. The molecule has 2 aromatic heterocycles. The molecular weight excluding hydrogens is 280 g/mol. The van der Waals surface area contributed by atoms with Crippen molar-refractivity contribution < 1.29 is 4.74 Å². The minimum Gasteiger partial charge on any atom is -0.370 e. The van der Waals surface area contributed by atoms with Crippen molar-refractivity contribution in [1.29, 1.82) is 0 Å². The molecule has 19 heavy (non-hydrogen) atoms. The van der Waals surface area contributed by atoms with Crippen LogP contribution in [0, 0.1) is 0 Å². The monoisotopic (exact) mass is 294 g/mol. The summed E-state index contributed by atoms with van der Waals surface area (Å²) in [5.41, 5.74) is 1.10. The summed E-state index contributed by atoms with van der Waals surface area (Å²) < 4.78 is 5.66. The highest BCUT2D eigenvalue weighted by atomic mass is 35.5. The Labute approximate surface area is 121 Å². The van der Waals surface area contributed by atoms with Crippen molar-refractivity contribution in [2.75, 3.05) is 7.11 Å². The number of thiophene rings is 1. The van der Waals surface area contributed by atoms with E-state index in [9.17, 15) is 0 Å². The number of methoxy groups -OCH3 is 1. The molecule has 0 aliphatic heterocycles. The third kappa shape index (κ3) is 1.60. The molecule has 0 radical (unpaired) electrons. The predicted octanol–water partition coefficient (Wildman–Crippen LogP) is 3.86. The van der Waals surface area contributed by atoms with Crippen molar-refractivity contribution in [1.82, 2.24) is 9.97 Å². The SMILES string of the molecule is COC1(c2nc(Cl)c3c4c(sc3n2)CCC4)CCC1. The van der Waals surface area contributed by atoms with Crippen molar-refractivity contribution >= 4 is 33.2 Å². The van der Waals surface area contributed by atoms with Crippen molar-refractivity contribution in [3.63, 3.8) is 0 Å². The van der Waals surface area contributed by atoms with Crippen LogP contribution in [0.5, 0.6) is 0 Å². The lowest BCUT2D eigenvalue weighted by atomic mass is 9.79. The number of ether oxygens (including phenoxy) is 1. The van der Waals surface area contributed by atoms with Gasteiger partial charge in [-0.25, -0.2) is 9.97 Å².